The Kier molecular flexibility index (Phi) is 4.19. The zero-order valence-corrected chi connectivity index (χ0v) is 9.94. The van der Waals surface area contributed by atoms with Crippen molar-refractivity contribution in [3.8, 4) is 5.75 Å². The van der Waals surface area contributed by atoms with Crippen LogP contribution in [0.5, 0.6) is 5.75 Å². The Hall–Kier alpha value is -1.33. The molecule has 0 saturated heterocycles. The lowest BCUT2D eigenvalue weighted by atomic mass is 10.1. The molecule has 0 bridgehead atoms. The van der Waals surface area contributed by atoms with Crippen LogP contribution in [0.3, 0.4) is 0 Å². The van der Waals surface area contributed by atoms with Gasteiger partial charge in [0.05, 0.1) is 5.56 Å². The molecule has 1 aromatic carbocycles. The predicted molar refractivity (Wildman–Crippen MR) is 56.9 cm³/mol. The van der Waals surface area contributed by atoms with Crippen LogP contribution in [0.15, 0.2) is 18.2 Å². The Morgan fingerprint density at radius 3 is 2.17 bits per heavy atom. The van der Waals surface area contributed by atoms with Gasteiger partial charge in [-0.25, -0.2) is 8.78 Å². The molecular formula is C12H13F5O. The van der Waals surface area contributed by atoms with Gasteiger partial charge < -0.3 is 4.74 Å². The highest BCUT2D eigenvalue weighted by Gasteiger charge is 2.35. The molecule has 0 aromatic heterocycles. The molecule has 0 aliphatic rings. The molecule has 18 heavy (non-hydrogen) atoms. The Bertz CT molecular complexity index is 406. The molecular weight excluding hydrogens is 255 g/mol. The highest BCUT2D eigenvalue weighted by Crippen LogP contribution is 2.37. The van der Waals surface area contributed by atoms with Crippen molar-refractivity contribution in [2.24, 2.45) is 0 Å². The number of alkyl halides is 5. The highest BCUT2D eigenvalue weighted by atomic mass is 19.4. The van der Waals surface area contributed by atoms with Crippen LogP contribution in [-0.4, -0.2) is 12.5 Å². The van der Waals surface area contributed by atoms with Crippen LogP contribution in [0.4, 0.5) is 22.0 Å². The van der Waals surface area contributed by atoms with E-state index < -0.39 is 30.0 Å². The third-order valence-corrected chi connectivity index (χ3v) is 2.24. The SMILES string of the molecule is CCc1ccc(OCC(C)(F)F)c(C(F)(F)F)c1. The minimum absolute atomic E-state index is 0.424. The van der Waals surface area contributed by atoms with E-state index in [4.69, 9.17) is 0 Å². The maximum atomic E-state index is 12.7. The number of hydrogen-bond acceptors (Lipinski definition) is 1. The lowest BCUT2D eigenvalue weighted by Crippen LogP contribution is -2.22. The number of hydrogen-bond donors (Lipinski definition) is 0. The van der Waals surface area contributed by atoms with Crippen molar-refractivity contribution in [3.63, 3.8) is 0 Å². The molecule has 0 aliphatic carbocycles. The average molecular weight is 268 g/mol. The molecule has 0 heterocycles. The molecule has 1 aromatic rings. The minimum atomic E-state index is -4.62. The van der Waals surface area contributed by atoms with Crippen molar-refractivity contribution in [2.75, 3.05) is 6.61 Å². The van der Waals surface area contributed by atoms with E-state index in [1.807, 2.05) is 0 Å². The molecule has 0 radical (unpaired) electrons. The summed E-state index contributed by atoms with van der Waals surface area (Å²) in [6.07, 6.45) is -4.20. The van der Waals surface area contributed by atoms with E-state index in [9.17, 15) is 22.0 Å². The van der Waals surface area contributed by atoms with E-state index in [1.165, 1.54) is 6.07 Å². The van der Waals surface area contributed by atoms with Gasteiger partial charge in [0, 0.05) is 6.92 Å². The first-order valence-corrected chi connectivity index (χ1v) is 5.34. The van der Waals surface area contributed by atoms with Crippen molar-refractivity contribution in [3.05, 3.63) is 29.3 Å². The van der Waals surface area contributed by atoms with Gasteiger partial charge in [0.2, 0.25) is 0 Å². The number of aryl methyl sites for hydroxylation is 1. The molecule has 0 fully saturated rings. The van der Waals surface area contributed by atoms with Gasteiger partial charge in [-0.15, -0.1) is 0 Å². The topological polar surface area (TPSA) is 9.23 Å². The molecule has 0 atom stereocenters. The standard InChI is InChI=1S/C12H13F5O/c1-3-8-4-5-10(18-7-11(2,13)14)9(6-8)12(15,16)17/h4-6H,3,7H2,1-2H3. The Balaban J connectivity index is 3.03. The van der Waals surface area contributed by atoms with Crippen LogP contribution >= 0.6 is 0 Å². The Labute approximate surface area is 102 Å². The zero-order valence-electron chi connectivity index (χ0n) is 9.94. The third kappa shape index (κ3) is 4.16. The van der Waals surface area contributed by atoms with Crippen LogP contribution in [0.1, 0.15) is 25.0 Å². The van der Waals surface area contributed by atoms with E-state index in [0.717, 1.165) is 12.1 Å². The van der Waals surface area contributed by atoms with Crippen LogP contribution in [0.25, 0.3) is 0 Å². The monoisotopic (exact) mass is 268 g/mol. The fourth-order valence-electron chi connectivity index (χ4n) is 1.35. The summed E-state index contributed by atoms with van der Waals surface area (Å²) in [5.41, 5.74) is -0.552. The fraction of sp³-hybridized carbons (Fsp3) is 0.500. The van der Waals surface area contributed by atoms with Gasteiger partial charge in [0.25, 0.3) is 5.92 Å². The Morgan fingerprint density at radius 2 is 1.72 bits per heavy atom. The first-order valence-electron chi connectivity index (χ1n) is 5.34. The summed E-state index contributed by atoms with van der Waals surface area (Å²) in [6.45, 7) is 1.21. The van der Waals surface area contributed by atoms with Gasteiger partial charge in [-0.2, -0.15) is 13.2 Å². The van der Waals surface area contributed by atoms with Gasteiger partial charge in [-0.1, -0.05) is 13.0 Å². The lowest BCUT2D eigenvalue weighted by Gasteiger charge is -2.17. The summed E-state index contributed by atoms with van der Waals surface area (Å²) in [5.74, 6) is -3.74. The minimum Gasteiger partial charge on any atom is -0.487 e. The van der Waals surface area contributed by atoms with E-state index in [1.54, 1.807) is 6.92 Å². The smallest absolute Gasteiger partial charge is 0.419 e. The molecule has 102 valence electrons. The average Bonchev–Trinajstić information content (AvgIpc) is 2.24. The first-order chi connectivity index (χ1) is 8.13. The van der Waals surface area contributed by atoms with Gasteiger partial charge in [-0.3, -0.25) is 0 Å². The number of ether oxygens (including phenoxy) is 1. The molecule has 1 nitrogen and oxygen atoms in total. The van der Waals surface area contributed by atoms with Crippen molar-refractivity contribution in [1.29, 1.82) is 0 Å². The quantitative estimate of drug-likeness (QED) is 0.740. The lowest BCUT2D eigenvalue weighted by molar-refractivity contribution is -0.139. The number of halogens is 5. The number of rotatable bonds is 4. The van der Waals surface area contributed by atoms with E-state index in [0.29, 0.717) is 18.9 Å². The molecule has 0 saturated carbocycles. The summed E-state index contributed by atoms with van der Waals surface area (Å²) in [6, 6.07) is 3.43. The summed E-state index contributed by atoms with van der Waals surface area (Å²) < 4.78 is 67.9. The fourth-order valence-corrected chi connectivity index (χ4v) is 1.35. The predicted octanol–water partition coefficient (Wildman–Crippen LogP) is 4.30. The first kappa shape index (κ1) is 14.7. The van der Waals surface area contributed by atoms with Crippen LogP contribution in [0, 0.1) is 0 Å². The summed E-state index contributed by atoms with van der Waals surface area (Å²) >= 11 is 0. The molecule has 0 N–H and O–H groups in total. The summed E-state index contributed by atoms with van der Waals surface area (Å²) in [5, 5.41) is 0. The molecule has 0 unspecified atom stereocenters. The Morgan fingerprint density at radius 1 is 1.11 bits per heavy atom. The maximum Gasteiger partial charge on any atom is 0.419 e. The summed E-state index contributed by atoms with van der Waals surface area (Å²) in [7, 11) is 0. The van der Waals surface area contributed by atoms with Gasteiger partial charge in [0.15, 0.2) is 6.61 Å². The highest BCUT2D eigenvalue weighted by molar-refractivity contribution is 5.39. The maximum absolute atomic E-state index is 12.7. The molecule has 0 amide bonds. The third-order valence-electron chi connectivity index (χ3n) is 2.24. The van der Waals surface area contributed by atoms with E-state index >= 15 is 0 Å². The van der Waals surface area contributed by atoms with Gasteiger partial charge >= 0.3 is 6.18 Å². The van der Waals surface area contributed by atoms with E-state index in [-0.39, 0.29) is 0 Å². The second kappa shape index (κ2) is 5.12. The molecule has 0 aliphatic heterocycles. The van der Waals surface area contributed by atoms with Crippen molar-refractivity contribution in [2.45, 2.75) is 32.4 Å². The second-order valence-electron chi connectivity index (χ2n) is 4.04. The van der Waals surface area contributed by atoms with Crippen molar-refractivity contribution >= 4 is 0 Å². The van der Waals surface area contributed by atoms with Crippen molar-refractivity contribution < 1.29 is 26.7 Å². The largest absolute Gasteiger partial charge is 0.487 e. The normalized spacial score (nSPS) is 12.6. The van der Waals surface area contributed by atoms with Gasteiger partial charge in [-0.05, 0) is 24.1 Å². The molecule has 6 heteroatoms. The van der Waals surface area contributed by atoms with Gasteiger partial charge in [0.1, 0.15) is 5.75 Å². The van der Waals surface area contributed by atoms with Crippen LogP contribution in [-0.2, 0) is 12.6 Å². The van der Waals surface area contributed by atoms with Crippen LogP contribution in [0.2, 0.25) is 0 Å². The van der Waals surface area contributed by atoms with Crippen LogP contribution < -0.4 is 4.74 Å². The molecule has 1 rings (SSSR count). The molecule has 0 spiro atoms. The second-order valence-corrected chi connectivity index (χ2v) is 4.04. The summed E-state index contributed by atoms with van der Waals surface area (Å²) in [4.78, 5) is 0. The van der Waals surface area contributed by atoms with E-state index in [2.05, 4.69) is 4.74 Å². The number of benzene rings is 1. The zero-order chi connectivity index (χ0) is 14.0. The van der Waals surface area contributed by atoms with Crippen molar-refractivity contribution in [1.82, 2.24) is 0 Å².